The van der Waals surface area contributed by atoms with Crippen LogP contribution in [0.25, 0.3) is 11.1 Å². The molecule has 5 rings (SSSR count). The molecule has 0 spiro atoms. The van der Waals surface area contributed by atoms with Gasteiger partial charge in [0.15, 0.2) is 0 Å². The van der Waals surface area contributed by atoms with Crippen LogP contribution < -0.4 is 4.74 Å². The van der Waals surface area contributed by atoms with Crippen LogP contribution in [-0.2, 0) is 18.3 Å². The van der Waals surface area contributed by atoms with Crippen LogP contribution in [-0.4, -0.2) is 7.11 Å². The van der Waals surface area contributed by atoms with E-state index in [-0.39, 0.29) is 5.41 Å². The summed E-state index contributed by atoms with van der Waals surface area (Å²) in [5.74, 6) is 1.47. The largest absolute Gasteiger partial charge is 0.497 e. The van der Waals surface area contributed by atoms with Crippen molar-refractivity contribution in [2.75, 3.05) is 7.11 Å². The molecule has 0 aromatic heterocycles. The molecule has 0 N–H and O–H groups in total. The highest BCUT2D eigenvalue weighted by atomic mass is 16.5. The first-order valence-corrected chi connectivity index (χ1v) is 14.1. The van der Waals surface area contributed by atoms with Gasteiger partial charge in [-0.15, -0.1) is 0 Å². The number of benzene rings is 4. The zero-order valence-corrected chi connectivity index (χ0v) is 22.7. The predicted octanol–water partition coefficient (Wildman–Crippen LogP) is 9.40. The second-order valence-electron chi connectivity index (χ2n) is 10.5. The lowest BCUT2D eigenvalue weighted by atomic mass is 9.58. The second kappa shape index (κ2) is 11.4. The van der Waals surface area contributed by atoms with Crippen molar-refractivity contribution in [3.63, 3.8) is 0 Å². The Morgan fingerprint density at radius 1 is 0.568 bits per heavy atom. The van der Waals surface area contributed by atoms with E-state index in [0.717, 1.165) is 18.6 Å². The van der Waals surface area contributed by atoms with E-state index >= 15 is 0 Å². The Morgan fingerprint density at radius 2 is 0.973 bits per heavy atom. The minimum atomic E-state index is -0.155. The fourth-order valence-corrected chi connectivity index (χ4v) is 6.46. The van der Waals surface area contributed by atoms with E-state index in [1.54, 1.807) is 7.11 Å². The molecule has 1 fully saturated rings. The number of ether oxygens (including phenoxy) is 1. The first kappa shape index (κ1) is 25.3. The van der Waals surface area contributed by atoms with Gasteiger partial charge in [0, 0.05) is 5.41 Å². The first-order chi connectivity index (χ1) is 18.2. The molecule has 0 saturated heterocycles. The fourth-order valence-electron chi connectivity index (χ4n) is 6.46. The molecule has 0 amide bonds. The van der Waals surface area contributed by atoms with Crippen molar-refractivity contribution < 1.29 is 4.74 Å². The predicted molar refractivity (Wildman–Crippen MR) is 157 cm³/mol. The molecule has 0 unspecified atom stereocenters. The average Bonchev–Trinajstić information content (AvgIpc) is 2.99. The van der Waals surface area contributed by atoms with Crippen molar-refractivity contribution in [1.29, 1.82) is 0 Å². The van der Waals surface area contributed by atoms with Crippen LogP contribution in [0.4, 0.5) is 0 Å². The Hall–Kier alpha value is -3.32. The van der Waals surface area contributed by atoms with E-state index in [1.165, 1.54) is 71.0 Å². The second-order valence-corrected chi connectivity index (χ2v) is 10.5. The molecule has 190 valence electrons. The van der Waals surface area contributed by atoms with Gasteiger partial charge in [-0.2, -0.15) is 0 Å². The highest BCUT2D eigenvalue weighted by Gasteiger charge is 2.43. The van der Waals surface area contributed by atoms with Crippen molar-refractivity contribution in [2.45, 2.75) is 64.2 Å². The van der Waals surface area contributed by atoms with Gasteiger partial charge in [-0.25, -0.2) is 0 Å². The third kappa shape index (κ3) is 4.97. The van der Waals surface area contributed by atoms with Crippen molar-refractivity contribution in [2.24, 2.45) is 5.92 Å². The molecular formula is C36H40O. The zero-order chi connectivity index (χ0) is 25.7. The molecule has 0 bridgehead atoms. The Labute approximate surface area is 223 Å². The number of rotatable bonds is 8. The summed E-state index contributed by atoms with van der Waals surface area (Å²) in [5.41, 5.74) is 9.37. The molecule has 1 aliphatic rings. The third-order valence-corrected chi connectivity index (χ3v) is 8.62. The number of hydrogen-bond donors (Lipinski definition) is 0. The highest BCUT2D eigenvalue weighted by molar-refractivity contribution is 5.66. The van der Waals surface area contributed by atoms with Crippen LogP contribution in [0.2, 0.25) is 0 Å². The van der Waals surface area contributed by atoms with Crippen molar-refractivity contribution in [3.05, 3.63) is 125 Å². The summed E-state index contributed by atoms with van der Waals surface area (Å²) in [6.45, 7) is 4.48. The van der Waals surface area contributed by atoms with E-state index in [4.69, 9.17) is 4.74 Å². The average molecular weight is 489 g/mol. The summed E-state index contributed by atoms with van der Waals surface area (Å²) in [4.78, 5) is 0. The van der Waals surface area contributed by atoms with Crippen LogP contribution in [0.3, 0.4) is 0 Å². The molecule has 1 heteroatoms. The van der Waals surface area contributed by atoms with Gasteiger partial charge in [-0.05, 0) is 82.7 Å². The molecule has 1 aliphatic carbocycles. The lowest BCUT2D eigenvalue weighted by Crippen LogP contribution is -2.39. The summed E-state index contributed by atoms with van der Waals surface area (Å²) in [7, 11) is 1.72. The lowest BCUT2D eigenvalue weighted by Gasteiger charge is -2.45. The molecular weight excluding hydrogens is 448 g/mol. The van der Waals surface area contributed by atoms with Gasteiger partial charge in [-0.1, -0.05) is 118 Å². The SMILES string of the molecule is CCc1ccc(C(c2ccc(CC)cc2)(c2ccc(-c3ccc(OC)cc3)cc2)C2CCCCC2)cc1. The first-order valence-electron chi connectivity index (χ1n) is 14.1. The van der Waals surface area contributed by atoms with Crippen LogP contribution in [0, 0.1) is 5.92 Å². The molecule has 1 saturated carbocycles. The topological polar surface area (TPSA) is 9.23 Å². The smallest absolute Gasteiger partial charge is 0.118 e. The third-order valence-electron chi connectivity index (χ3n) is 8.62. The number of hydrogen-bond acceptors (Lipinski definition) is 1. The quantitative estimate of drug-likeness (QED) is 0.224. The monoisotopic (exact) mass is 488 g/mol. The maximum Gasteiger partial charge on any atom is 0.118 e. The number of aryl methyl sites for hydroxylation is 2. The Balaban J connectivity index is 1.68. The van der Waals surface area contributed by atoms with Gasteiger partial charge >= 0.3 is 0 Å². The standard InChI is InChI=1S/C36H40O/c1-4-27-11-19-32(20-12-27)36(31-9-7-6-8-10-31,33-21-13-28(5-2)14-22-33)34-23-15-29(16-24-34)30-17-25-35(37-3)26-18-30/h11-26,31H,4-10H2,1-3H3. The van der Waals surface area contributed by atoms with Crippen LogP contribution >= 0.6 is 0 Å². The van der Waals surface area contributed by atoms with E-state index in [2.05, 4.69) is 98.8 Å². The molecule has 0 radical (unpaired) electrons. The van der Waals surface area contributed by atoms with Gasteiger partial charge in [0.05, 0.1) is 7.11 Å². The highest BCUT2D eigenvalue weighted by Crippen LogP contribution is 2.50. The summed E-state index contributed by atoms with van der Waals surface area (Å²) in [6.07, 6.45) is 8.66. The fraction of sp³-hybridized carbons (Fsp3) is 0.333. The van der Waals surface area contributed by atoms with E-state index in [0.29, 0.717) is 5.92 Å². The Bertz CT molecular complexity index is 1210. The van der Waals surface area contributed by atoms with Gasteiger partial charge < -0.3 is 4.74 Å². The van der Waals surface area contributed by atoms with Crippen LogP contribution in [0.15, 0.2) is 97.1 Å². The normalized spacial score (nSPS) is 14.5. The van der Waals surface area contributed by atoms with Crippen molar-refractivity contribution in [3.8, 4) is 16.9 Å². The van der Waals surface area contributed by atoms with Gasteiger partial charge in [-0.3, -0.25) is 0 Å². The maximum atomic E-state index is 5.37. The molecule has 4 aromatic carbocycles. The van der Waals surface area contributed by atoms with Crippen LogP contribution in [0.5, 0.6) is 5.75 Å². The summed E-state index contributed by atoms with van der Waals surface area (Å²) in [6, 6.07) is 36.9. The molecule has 0 atom stereocenters. The van der Waals surface area contributed by atoms with Gasteiger partial charge in [0.2, 0.25) is 0 Å². The van der Waals surface area contributed by atoms with Crippen LogP contribution in [0.1, 0.15) is 73.8 Å². The minimum Gasteiger partial charge on any atom is -0.497 e. The maximum absolute atomic E-state index is 5.37. The molecule has 37 heavy (non-hydrogen) atoms. The van der Waals surface area contributed by atoms with E-state index in [1.807, 2.05) is 12.1 Å². The Morgan fingerprint density at radius 3 is 1.38 bits per heavy atom. The molecule has 4 aromatic rings. The summed E-state index contributed by atoms with van der Waals surface area (Å²) >= 11 is 0. The zero-order valence-electron chi connectivity index (χ0n) is 22.7. The summed E-state index contributed by atoms with van der Waals surface area (Å²) < 4.78 is 5.37. The van der Waals surface area contributed by atoms with Crippen molar-refractivity contribution in [1.82, 2.24) is 0 Å². The number of methoxy groups -OCH3 is 1. The lowest BCUT2D eigenvalue weighted by molar-refractivity contribution is 0.271. The molecule has 1 nitrogen and oxygen atoms in total. The van der Waals surface area contributed by atoms with Crippen molar-refractivity contribution >= 4 is 0 Å². The van der Waals surface area contributed by atoms with Gasteiger partial charge in [0.25, 0.3) is 0 Å². The molecule has 0 aliphatic heterocycles. The van der Waals surface area contributed by atoms with E-state index < -0.39 is 0 Å². The summed E-state index contributed by atoms with van der Waals surface area (Å²) in [5, 5.41) is 0. The van der Waals surface area contributed by atoms with Gasteiger partial charge in [0.1, 0.15) is 5.75 Å². The molecule has 0 heterocycles. The minimum absolute atomic E-state index is 0.155. The Kier molecular flexibility index (Phi) is 7.79. The van der Waals surface area contributed by atoms with E-state index in [9.17, 15) is 0 Å².